The van der Waals surface area contributed by atoms with Crippen LogP contribution in [0.25, 0.3) is 0 Å². The Labute approximate surface area is 184 Å². The molecule has 2 aliphatic rings. The van der Waals surface area contributed by atoms with Crippen molar-refractivity contribution in [1.82, 2.24) is 5.32 Å². The van der Waals surface area contributed by atoms with E-state index in [0.717, 1.165) is 0 Å². The lowest BCUT2D eigenvalue weighted by atomic mass is 9.74. The van der Waals surface area contributed by atoms with Crippen LogP contribution in [-0.4, -0.2) is 54.1 Å². The molecule has 0 spiro atoms. The van der Waals surface area contributed by atoms with Crippen LogP contribution < -0.4 is 5.32 Å². The number of amides is 1. The van der Waals surface area contributed by atoms with Crippen LogP contribution >= 0.6 is 0 Å². The highest BCUT2D eigenvalue weighted by atomic mass is 16.6. The van der Waals surface area contributed by atoms with E-state index < -0.39 is 53.2 Å². The smallest absolute Gasteiger partial charge is 0.408 e. The molecule has 0 aromatic heterocycles. The van der Waals surface area contributed by atoms with E-state index in [2.05, 4.69) is 5.32 Å². The molecule has 176 valence electrons. The van der Waals surface area contributed by atoms with Crippen molar-refractivity contribution in [3.8, 4) is 0 Å². The molecule has 0 aromatic rings. The maximum absolute atomic E-state index is 13.3. The average Bonchev–Trinajstić information content (AvgIpc) is 3.03. The van der Waals surface area contributed by atoms with Crippen LogP contribution in [0.3, 0.4) is 0 Å². The zero-order valence-electron chi connectivity index (χ0n) is 19.9. The second-order valence-corrected chi connectivity index (χ2v) is 9.71. The van der Waals surface area contributed by atoms with Gasteiger partial charge in [-0.3, -0.25) is 14.4 Å². The molecule has 8 heteroatoms. The van der Waals surface area contributed by atoms with Gasteiger partial charge in [0.05, 0.1) is 11.6 Å². The number of cyclic esters (lactones) is 1. The Balaban J connectivity index is 2.52. The third-order valence-corrected chi connectivity index (χ3v) is 7.14. The molecule has 0 bridgehead atoms. The first-order valence-corrected chi connectivity index (χ1v) is 11.1. The predicted octanol–water partition coefficient (Wildman–Crippen LogP) is 3.06. The molecule has 1 N–H and O–H groups in total. The van der Waals surface area contributed by atoms with E-state index in [0.29, 0.717) is 19.3 Å². The van der Waals surface area contributed by atoms with E-state index in [1.165, 1.54) is 6.92 Å². The van der Waals surface area contributed by atoms with Crippen LogP contribution in [0.5, 0.6) is 0 Å². The molecule has 0 aliphatic carbocycles. The predicted molar refractivity (Wildman–Crippen MR) is 113 cm³/mol. The van der Waals surface area contributed by atoms with Gasteiger partial charge in [-0.25, -0.2) is 4.79 Å². The van der Waals surface area contributed by atoms with Crippen LogP contribution in [0.4, 0.5) is 4.79 Å². The number of carbonyl (C=O) groups is 4. The fourth-order valence-corrected chi connectivity index (χ4v) is 5.20. The van der Waals surface area contributed by atoms with Crippen molar-refractivity contribution in [2.24, 2.45) is 23.7 Å². The molecule has 31 heavy (non-hydrogen) atoms. The molecule has 2 fully saturated rings. The van der Waals surface area contributed by atoms with Gasteiger partial charge in [-0.05, 0) is 40.0 Å². The van der Waals surface area contributed by atoms with Gasteiger partial charge in [-0.2, -0.15) is 0 Å². The van der Waals surface area contributed by atoms with E-state index >= 15 is 0 Å². The Morgan fingerprint density at radius 3 is 2.06 bits per heavy atom. The standard InChI is InChI=1S/C23H37NO7/c1-9-16-23(7)19(24-21(28)31-23)14(4)17(25)12(2)10-22(6,29-8)11-13(3)18(26)15(5)20(27)30-16/h12-16,19H,9-11H2,1-8H3,(H,24,28)/t12-,13-,14+,15-,16-,19-,22-,23-/m1/s1. The second-order valence-electron chi connectivity index (χ2n) is 9.71. The van der Waals surface area contributed by atoms with E-state index in [9.17, 15) is 19.2 Å². The molecule has 0 aromatic carbocycles. The number of ether oxygens (including phenoxy) is 3. The summed E-state index contributed by atoms with van der Waals surface area (Å²) in [5, 5.41) is 2.75. The first kappa shape index (κ1) is 25.3. The molecule has 2 aliphatic heterocycles. The minimum absolute atomic E-state index is 0.0455. The van der Waals surface area contributed by atoms with Gasteiger partial charge in [0.1, 0.15) is 23.6 Å². The fourth-order valence-electron chi connectivity index (χ4n) is 5.20. The van der Waals surface area contributed by atoms with E-state index in [1.807, 2.05) is 20.8 Å². The Kier molecular flexibility index (Phi) is 7.56. The molecule has 0 saturated carbocycles. The summed E-state index contributed by atoms with van der Waals surface area (Å²) < 4.78 is 17.0. The number of alkyl carbamates (subject to hydrolysis) is 1. The van der Waals surface area contributed by atoms with Gasteiger partial charge in [-0.1, -0.05) is 27.7 Å². The number of fused-ring (bicyclic) bond motifs is 1. The molecule has 8 nitrogen and oxygen atoms in total. The summed E-state index contributed by atoms with van der Waals surface area (Å²) in [4.78, 5) is 51.3. The van der Waals surface area contributed by atoms with Crippen LogP contribution in [0.1, 0.15) is 67.7 Å². The maximum atomic E-state index is 13.3. The van der Waals surface area contributed by atoms with Gasteiger partial charge in [0.2, 0.25) is 0 Å². The number of ketones is 2. The summed E-state index contributed by atoms with van der Waals surface area (Å²) >= 11 is 0. The molecule has 2 saturated heterocycles. The third-order valence-electron chi connectivity index (χ3n) is 7.14. The van der Waals surface area contributed by atoms with Crippen molar-refractivity contribution in [2.45, 2.75) is 91.1 Å². The van der Waals surface area contributed by atoms with E-state index in [-0.39, 0.29) is 17.5 Å². The Morgan fingerprint density at radius 2 is 1.55 bits per heavy atom. The topological polar surface area (TPSA) is 108 Å². The first-order chi connectivity index (χ1) is 14.3. The Morgan fingerprint density at radius 1 is 1.00 bits per heavy atom. The SMILES string of the molecule is CC[C@H]1OC(=O)[C@H](C)C(=O)[C@H](C)C[C@](C)(OC)C[C@@H](C)C(=O)[C@H](C)[C@H]2NC(=O)O[C@@]21C. The Bertz CT molecular complexity index is 737. The average molecular weight is 440 g/mol. The normalized spacial score (nSPS) is 42.8. The lowest BCUT2D eigenvalue weighted by Crippen LogP contribution is -2.57. The first-order valence-electron chi connectivity index (χ1n) is 11.1. The molecule has 0 unspecified atom stereocenters. The minimum Gasteiger partial charge on any atom is -0.458 e. The third kappa shape index (κ3) is 4.94. The summed E-state index contributed by atoms with van der Waals surface area (Å²) in [5.41, 5.74) is -1.96. The maximum Gasteiger partial charge on any atom is 0.408 e. The molecule has 0 radical (unpaired) electrons. The fraction of sp³-hybridized carbons (Fsp3) is 0.826. The molecular formula is C23H37NO7. The van der Waals surface area contributed by atoms with Gasteiger partial charge < -0.3 is 19.5 Å². The van der Waals surface area contributed by atoms with Crippen LogP contribution in [0, 0.1) is 23.7 Å². The summed E-state index contributed by atoms with van der Waals surface area (Å²) in [6.07, 6.45) is -0.296. The number of nitrogens with one attached hydrogen (secondary N) is 1. The van der Waals surface area contributed by atoms with Crippen LogP contribution in [0.2, 0.25) is 0 Å². The van der Waals surface area contributed by atoms with Gasteiger partial charge in [0.25, 0.3) is 0 Å². The number of esters is 1. The van der Waals surface area contributed by atoms with Crippen molar-refractivity contribution in [3.05, 3.63) is 0 Å². The van der Waals surface area contributed by atoms with Gasteiger partial charge >= 0.3 is 12.1 Å². The monoisotopic (exact) mass is 439 g/mol. The van der Waals surface area contributed by atoms with Crippen LogP contribution in [0.15, 0.2) is 0 Å². The summed E-state index contributed by atoms with van der Waals surface area (Å²) in [7, 11) is 1.56. The molecule has 1 amide bonds. The Hall–Kier alpha value is -1.96. The largest absolute Gasteiger partial charge is 0.458 e. The number of rotatable bonds is 2. The molecule has 8 atom stereocenters. The van der Waals surface area contributed by atoms with Crippen LogP contribution in [-0.2, 0) is 28.6 Å². The van der Waals surface area contributed by atoms with Gasteiger partial charge in [0, 0.05) is 24.9 Å². The highest BCUT2D eigenvalue weighted by Gasteiger charge is 2.56. The zero-order chi connectivity index (χ0) is 23.7. The highest BCUT2D eigenvalue weighted by Crippen LogP contribution is 2.38. The van der Waals surface area contributed by atoms with Crippen molar-refractivity contribution < 1.29 is 33.4 Å². The molecule has 2 heterocycles. The van der Waals surface area contributed by atoms with Crippen molar-refractivity contribution in [3.63, 3.8) is 0 Å². The van der Waals surface area contributed by atoms with E-state index in [1.54, 1.807) is 27.9 Å². The summed E-state index contributed by atoms with van der Waals surface area (Å²) in [5.74, 6) is -3.30. The van der Waals surface area contributed by atoms with E-state index in [4.69, 9.17) is 14.2 Å². The molecule has 2 rings (SSSR count). The number of methoxy groups -OCH3 is 1. The van der Waals surface area contributed by atoms with Crippen molar-refractivity contribution >= 4 is 23.6 Å². The number of hydrogen-bond donors (Lipinski definition) is 1. The van der Waals surface area contributed by atoms with Crippen molar-refractivity contribution in [1.29, 1.82) is 0 Å². The second kappa shape index (κ2) is 9.27. The highest BCUT2D eigenvalue weighted by molar-refractivity contribution is 5.99. The number of Topliss-reactive ketones (excluding diaryl/α,β-unsaturated/α-hetero) is 2. The number of hydrogen-bond acceptors (Lipinski definition) is 7. The number of carbonyl (C=O) groups excluding carboxylic acids is 4. The van der Waals surface area contributed by atoms with Gasteiger partial charge in [-0.15, -0.1) is 0 Å². The van der Waals surface area contributed by atoms with Gasteiger partial charge in [0.15, 0.2) is 5.60 Å². The summed E-state index contributed by atoms with van der Waals surface area (Å²) in [6.45, 7) is 12.3. The minimum atomic E-state index is -1.24. The zero-order valence-corrected chi connectivity index (χ0v) is 19.9. The lowest BCUT2D eigenvalue weighted by molar-refractivity contribution is -0.171. The summed E-state index contributed by atoms with van der Waals surface area (Å²) in [6, 6.07) is -0.672. The quantitative estimate of drug-likeness (QED) is 0.520. The lowest BCUT2D eigenvalue weighted by Gasteiger charge is -2.39. The van der Waals surface area contributed by atoms with Crippen molar-refractivity contribution in [2.75, 3.05) is 7.11 Å². The molecular weight excluding hydrogens is 402 g/mol.